The maximum atomic E-state index is 11.7. The van der Waals surface area contributed by atoms with E-state index in [9.17, 15) is 30.7 Å². The minimum atomic E-state index is -4.65. The fourth-order valence-corrected chi connectivity index (χ4v) is 3.88. The predicted octanol–water partition coefficient (Wildman–Crippen LogP) is 1.75. The Labute approximate surface area is 229 Å². The Hall–Kier alpha value is -0.730. The molecule has 0 aliphatic heterocycles. The summed E-state index contributed by atoms with van der Waals surface area (Å²) in [5.41, 5.74) is 0.332. The molecule has 0 fully saturated rings. The van der Waals surface area contributed by atoms with Crippen molar-refractivity contribution < 1.29 is 30.7 Å². The van der Waals surface area contributed by atoms with Crippen LogP contribution in [0, 0.1) is 0 Å². The first kappa shape index (κ1) is 30.3. The second-order valence-electron chi connectivity index (χ2n) is 5.64. The molecule has 0 spiro atoms. The Morgan fingerprint density at radius 3 is 1.90 bits per heavy atom. The van der Waals surface area contributed by atoms with Crippen molar-refractivity contribution in [3.63, 3.8) is 0 Å². The third kappa shape index (κ3) is 8.97. The van der Waals surface area contributed by atoms with Crippen LogP contribution in [0.5, 0.6) is 0 Å². The number of hydrogen-bond acceptors (Lipinski definition) is 7. The Morgan fingerprint density at radius 2 is 1.45 bits per heavy atom. The van der Waals surface area contributed by atoms with E-state index in [1.807, 2.05) is 0 Å². The summed E-state index contributed by atoms with van der Waals surface area (Å²) in [5, 5.41) is 4.46. The van der Waals surface area contributed by atoms with Crippen molar-refractivity contribution in [2.75, 3.05) is 5.32 Å². The number of anilines is 1. The number of hydrogen-bond donors (Lipinski definition) is 3. The molecule has 14 heteroatoms. The standard InChI is InChI=1S/C17H14N2O7S3.2Na.2H/c1-11(20)19-15-7-5-13(17(9-15)29(24,25)26)3-2-12-4-6-14(18-10-27)8-16(12)28(21,22)23;;;;/h2-9H,1H3,(H,19,20)(H,21,22,23)(H,24,25,26);;;;. The van der Waals surface area contributed by atoms with Crippen molar-refractivity contribution in [1.29, 1.82) is 0 Å². The molecular weight excluding hydrogens is 486 g/mol. The van der Waals surface area contributed by atoms with Crippen LogP contribution in [0.25, 0.3) is 12.2 Å². The third-order valence-electron chi connectivity index (χ3n) is 3.50. The average Bonchev–Trinajstić information content (AvgIpc) is 2.59. The number of nitrogens with one attached hydrogen (secondary N) is 1. The van der Waals surface area contributed by atoms with Gasteiger partial charge in [-0.2, -0.15) is 21.8 Å². The fourth-order valence-electron chi connectivity index (χ4n) is 2.36. The second kappa shape index (κ2) is 12.5. The SMILES string of the molecule is CC(=O)Nc1ccc(C=Cc2ccc(N=C=S)cc2S(=O)(=O)O)c(S(=O)(=O)O)c1.[NaH].[NaH]. The zero-order chi connectivity index (χ0) is 21.8. The summed E-state index contributed by atoms with van der Waals surface area (Å²) in [7, 11) is -9.28. The van der Waals surface area contributed by atoms with E-state index in [4.69, 9.17) is 0 Å². The van der Waals surface area contributed by atoms with Crippen LogP contribution in [0.1, 0.15) is 18.1 Å². The van der Waals surface area contributed by atoms with Crippen molar-refractivity contribution in [1.82, 2.24) is 0 Å². The number of carbonyl (C=O) groups is 1. The molecule has 0 aliphatic rings. The Morgan fingerprint density at radius 1 is 0.968 bits per heavy atom. The molecule has 0 radical (unpaired) electrons. The number of nitrogens with zero attached hydrogens (tertiary/aromatic N) is 1. The minimum absolute atomic E-state index is 0. The summed E-state index contributed by atoms with van der Waals surface area (Å²) >= 11 is 4.45. The van der Waals surface area contributed by atoms with Gasteiger partial charge >= 0.3 is 59.1 Å². The zero-order valence-corrected chi connectivity index (χ0v) is 17.2. The van der Waals surface area contributed by atoms with Crippen LogP contribution in [0.2, 0.25) is 0 Å². The maximum absolute atomic E-state index is 11.7. The summed E-state index contributed by atoms with van der Waals surface area (Å²) in [4.78, 5) is 13.8. The van der Waals surface area contributed by atoms with E-state index in [1.54, 1.807) is 0 Å². The summed E-state index contributed by atoms with van der Waals surface area (Å²) < 4.78 is 65.6. The van der Waals surface area contributed by atoms with Crippen LogP contribution >= 0.6 is 12.2 Å². The third-order valence-corrected chi connectivity index (χ3v) is 5.41. The van der Waals surface area contributed by atoms with Gasteiger partial charge in [-0.3, -0.25) is 13.9 Å². The van der Waals surface area contributed by atoms with Crippen molar-refractivity contribution >= 4 is 126 Å². The average molecular weight is 503 g/mol. The van der Waals surface area contributed by atoms with E-state index in [1.165, 1.54) is 43.3 Å². The van der Waals surface area contributed by atoms with E-state index in [0.717, 1.165) is 12.1 Å². The molecule has 9 nitrogen and oxygen atoms in total. The van der Waals surface area contributed by atoms with E-state index in [2.05, 4.69) is 27.7 Å². The molecule has 3 N–H and O–H groups in total. The summed E-state index contributed by atoms with van der Waals surface area (Å²) in [6.45, 7) is 1.23. The number of benzene rings is 2. The molecule has 31 heavy (non-hydrogen) atoms. The normalized spacial score (nSPS) is 11.1. The summed E-state index contributed by atoms with van der Waals surface area (Å²) in [6, 6.07) is 7.57. The summed E-state index contributed by atoms with van der Waals surface area (Å²) in [5.74, 6) is -0.438. The van der Waals surface area contributed by atoms with Crippen molar-refractivity contribution in [2.45, 2.75) is 16.7 Å². The number of isothiocyanates is 1. The molecule has 0 unspecified atom stereocenters. The second-order valence-corrected chi connectivity index (χ2v) is 8.60. The van der Waals surface area contributed by atoms with Gasteiger partial charge in [0.2, 0.25) is 5.91 Å². The molecule has 2 rings (SSSR count). The van der Waals surface area contributed by atoms with Crippen molar-refractivity contribution in [3.8, 4) is 0 Å². The molecule has 2 aromatic carbocycles. The quantitative estimate of drug-likeness (QED) is 0.178. The van der Waals surface area contributed by atoms with Gasteiger partial charge in [0.05, 0.1) is 10.8 Å². The molecule has 0 heterocycles. The molecule has 1 amide bonds. The van der Waals surface area contributed by atoms with Crippen LogP contribution in [0.15, 0.2) is 51.2 Å². The van der Waals surface area contributed by atoms with E-state index >= 15 is 0 Å². The van der Waals surface area contributed by atoms with Crippen LogP contribution in [0.4, 0.5) is 11.4 Å². The molecule has 0 atom stereocenters. The Bertz CT molecular complexity index is 1270. The van der Waals surface area contributed by atoms with Crippen LogP contribution in [-0.2, 0) is 25.0 Å². The number of aliphatic imine (C=N–C) groups is 1. The van der Waals surface area contributed by atoms with Crippen LogP contribution in [-0.4, -0.2) is 96.1 Å². The fraction of sp³-hybridized carbons (Fsp3) is 0.0588. The number of thiocarbonyl (C=S) groups is 1. The first-order valence-electron chi connectivity index (χ1n) is 7.68. The van der Waals surface area contributed by atoms with Gasteiger partial charge in [0, 0.05) is 12.6 Å². The van der Waals surface area contributed by atoms with Gasteiger partial charge in [-0.1, -0.05) is 24.3 Å². The Balaban J connectivity index is 0.00000450. The van der Waals surface area contributed by atoms with Gasteiger partial charge in [0.15, 0.2) is 0 Å². The molecule has 0 saturated carbocycles. The van der Waals surface area contributed by atoms with E-state index < -0.39 is 35.9 Å². The van der Waals surface area contributed by atoms with E-state index in [-0.39, 0.29) is 81.6 Å². The molecule has 0 aliphatic carbocycles. The van der Waals surface area contributed by atoms with Gasteiger partial charge in [-0.15, -0.1) is 0 Å². The molecule has 0 bridgehead atoms. The molecule has 156 valence electrons. The Kier molecular flexibility index (Phi) is 12.2. The van der Waals surface area contributed by atoms with Gasteiger partial charge in [0.1, 0.15) is 9.79 Å². The predicted molar refractivity (Wildman–Crippen MR) is 125 cm³/mol. The van der Waals surface area contributed by atoms with E-state index in [0.29, 0.717) is 0 Å². The zero-order valence-electron chi connectivity index (χ0n) is 14.7. The molecule has 2 aromatic rings. The van der Waals surface area contributed by atoms with Gasteiger partial charge in [-0.25, -0.2) is 0 Å². The van der Waals surface area contributed by atoms with Crippen LogP contribution in [0.3, 0.4) is 0 Å². The first-order valence-corrected chi connectivity index (χ1v) is 11.0. The topological polar surface area (TPSA) is 150 Å². The van der Waals surface area contributed by atoms with Crippen molar-refractivity contribution in [2.24, 2.45) is 4.99 Å². The number of carbonyl (C=O) groups excluding carboxylic acids is 1. The van der Waals surface area contributed by atoms with Gasteiger partial charge < -0.3 is 5.32 Å². The molecule has 0 saturated heterocycles. The number of rotatable bonds is 6. The van der Waals surface area contributed by atoms with Crippen molar-refractivity contribution in [3.05, 3.63) is 47.5 Å². The van der Waals surface area contributed by atoms with Gasteiger partial charge in [-0.05, 0) is 47.6 Å². The monoisotopic (exact) mass is 502 g/mol. The molecule has 0 aromatic heterocycles. The summed E-state index contributed by atoms with van der Waals surface area (Å²) in [6.07, 6.45) is 2.46. The van der Waals surface area contributed by atoms with Crippen LogP contribution < -0.4 is 5.32 Å². The van der Waals surface area contributed by atoms with Gasteiger partial charge in [0.25, 0.3) is 20.2 Å². The number of amides is 1. The first-order chi connectivity index (χ1) is 13.4. The molecular formula is C17H16N2Na2O7S3.